The first-order valence-corrected chi connectivity index (χ1v) is 9.37. The molecule has 0 aliphatic heterocycles. The van der Waals surface area contributed by atoms with E-state index in [0.29, 0.717) is 5.56 Å². The molecule has 0 saturated heterocycles. The maximum Gasteiger partial charge on any atom is 0.268 e. The second-order valence-corrected chi connectivity index (χ2v) is 7.95. The average molecular weight is 401 g/mol. The third kappa shape index (κ3) is 2.77. The monoisotopic (exact) mass is 400 g/mol. The fourth-order valence-electron chi connectivity index (χ4n) is 2.45. The Morgan fingerprint density at radius 3 is 2.29 bits per heavy atom. The molecule has 0 unspecified atom stereocenters. The lowest BCUT2D eigenvalue weighted by atomic mass is 10.1. The van der Waals surface area contributed by atoms with E-state index < -0.39 is 10.0 Å². The summed E-state index contributed by atoms with van der Waals surface area (Å²) < 4.78 is 27.5. The van der Waals surface area contributed by atoms with E-state index in [4.69, 9.17) is 0 Å². The number of hydrogen-bond acceptors (Lipinski definition) is 3. The lowest BCUT2D eigenvalue weighted by Gasteiger charge is -2.09. The van der Waals surface area contributed by atoms with Crippen molar-refractivity contribution in [2.24, 2.45) is 0 Å². The predicted octanol–water partition coefficient (Wildman–Crippen LogP) is 4.33. The number of nitriles is 1. The van der Waals surface area contributed by atoms with E-state index in [1.54, 1.807) is 30.3 Å². The van der Waals surface area contributed by atoms with Crippen LogP contribution >= 0.6 is 15.9 Å². The second kappa shape index (κ2) is 6.27. The molecule has 0 bridgehead atoms. The molecule has 2 aromatic carbocycles. The van der Waals surface area contributed by atoms with Gasteiger partial charge in [-0.1, -0.05) is 51.8 Å². The van der Waals surface area contributed by atoms with Crippen molar-refractivity contribution in [2.45, 2.75) is 11.8 Å². The minimum atomic E-state index is -3.82. The molecule has 0 spiro atoms. The molecule has 24 heavy (non-hydrogen) atoms. The average Bonchev–Trinajstić information content (AvgIpc) is 3.00. The van der Waals surface area contributed by atoms with Crippen LogP contribution in [0.25, 0.3) is 11.1 Å². The molecular weight excluding hydrogens is 388 g/mol. The summed E-state index contributed by atoms with van der Waals surface area (Å²) in [6.07, 6.45) is 1.42. The molecule has 0 aliphatic rings. The van der Waals surface area contributed by atoms with Gasteiger partial charge < -0.3 is 0 Å². The van der Waals surface area contributed by atoms with Gasteiger partial charge in [0, 0.05) is 16.2 Å². The molecule has 1 heterocycles. The Balaban J connectivity index is 2.19. The van der Waals surface area contributed by atoms with Crippen LogP contribution in [0.15, 0.2) is 70.2 Å². The molecule has 4 nitrogen and oxygen atoms in total. The van der Waals surface area contributed by atoms with Crippen LogP contribution in [0.1, 0.15) is 11.3 Å². The van der Waals surface area contributed by atoms with Crippen LogP contribution in [0.4, 0.5) is 0 Å². The number of halogens is 1. The Labute approximate surface area is 149 Å². The van der Waals surface area contributed by atoms with Crippen molar-refractivity contribution in [2.75, 3.05) is 0 Å². The van der Waals surface area contributed by atoms with Crippen LogP contribution in [-0.2, 0) is 10.0 Å². The highest BCUT2D eigenvalue weighted by Gasteiger charge is 2.23. The number of benzene rings is 2. The van der Waals surface area contributed by atoms with E-state index in [1.807, 2.05) is 37.3 Å². The van der Waals surface area contributed by atoms with Gasteiger partial charge in [-0.15, -0.1) is 0 Å². The molecule has 0 N–H and O–H groups in total. The van der Waals surface area contributed by atoms with Gasteiger partial charge in [0.2, 0.25) is 0 Å². The van der Waals surface area contributed by atoms with Crippen LogP contribution < -0.4 is 0 Å². The smallest absolute Gasteiger partial charge is 0.231 e. The zero-order chi connectivity index (χ0) is 17.3. The van der Waals surface area contributed by atoms with Gasteiger partial charge in [-0.05, 0) is 36.8 Å². The summed E-state index contributed by atoms with van der Waals surface area (Å²) in [6.45, 7) is 1.89. The molecule has 0 saturated carbocycles. The van der Waals surface area contributed by atoms with Gasteiger partial charge in [0.15, 0.2) is 0 Å². The highest BCUT2D eigenvalue weighted by Crippen LogP contribution is 2.32. The van der Waals surface area contributed by atoms with E-state index in [0.717, 1.165) is 19.6 Å². The van der Waals surface area contributed by atoms with Crippen LogP contribution in [0.5, 0.6) is 0 Å². The van der Waals surface area contributed by atoms with E-state index in [-0.39, 0.29) is 10.6 Å². The van der Waals surface area contributed by atoms with Gasteiger partial charge in [-0.2, -0.15) is 5.26 Å². The van der Waals surface area contributed by atoms with Crippen molar-refractivity contribution in [1.29, 1.82) is 5.26 Å². The molecule has 0 radical (unpaired) electrons. The molecule has 6 heteroatoms. The summed E-state index contributed by atoms with van der Waals surface area (Å²) in [5.74, 6) is 0. The van der Waals surface area contributed by atoms with Crippen LogP contribution in [0.2, 0.25) is 0 Å². The minimum absolute atomic E-state index is 0.0856. The number of hydrogen-bond donors (Lipinski definition) is 0. The SMILES string of the molecule is Cc1ccc(S(=O)(=O)n2ccc(-c3ccccc3Br)c2C#N)cc1. The lowest BCUT2D eigenvalue weighted by Crippen LogP contribution is -2.14. The molecular formula is C18H13BrN2O2S. The maximum absolute atomic E-state index is 12.9. The summed E-state index contributed by atoms with van der Waals surface area (Å²) in [5.41, 5.74) is 2.39. The molecule has 0 atom stereocenters. The first-order valence-electron chi connectivity index (χ1n) is 7.14. The van der Waals surface area contributed by atoms with Gasteiger partial charge >= 0.3 is 0 Å². The van der Waals surface area contributed by atoms with Crippen molar-refractivity contribution in [3.8, 4) is 17.2 Å². The van der Waals surface area contributed by atoms with Gasteiger partial charge in [-0.25, -0.2) is 12.4 Å². The summed E-state index contributed by atoms with van der Waals surface area (Å²) in [4.78, 5) is 0.152. The summed E-state index contributed by atoms with van der Waals surface area (Å²) in [5, 5.41) is 9.54. The largest absolute Gasteiger partial charge is 0.268 e. The molecule has 0 amide bonds. The Morgan fingerprint density at radius 1 is 1.00 bits per heavy atom. The standard InChI is InChI=1S/C18H13BrN2O2S/c1-13-6-8-14(9-7-13)24(22,23)21-11-10-16(18(21)12-20)15-4-2-3-5-17(15)19/h2-11H,1H3. The Kier molecular flexibility index (Phi) is 4.31. The Bertz CT molecular complexity index is 1050. The third-order valence-electron chi connectivity index (χ3n) is 3.70. The fraction of sp³-hybridized carbons (Fsp3) is 0.0556. The van der Waals surface area contributed by atoms with Gasteiger partial charge in [0.05, 0.1) is 4.90 Å². The molecule has 0 fully saturated rings. The summed E-state index contributed by atoms with van der Waals surface area (Å²) >= 11 is 3.44. The van der Waals surface area contributed by atoms with Crippen molar-refractivity contribution >= 4 is 26.0 Å². The number of aromatic nitrogens is 1. The van der Waals surface area contributed by atoms with Crippen LogP contribution in [0, 0.1) is 18.3 Å². The molecule has 0 aliphatic carbocycles. The van der Waals surface area contributed by atoms with Gasteiger partial charge in [0.1, 0.15) is 11.8 Å². The number of nitrogens with zero attached hydrogens (tertiary/aromatic N) is 2. The Morgan fingerprint density at radius 2 is 1.67 bits per heavy atom. The summed E-state index contributed by atoms with van der Waals surface area (Å²) in [7, 11) is -3.82. The Hall–Kier alpha value is -2.36. The molecule has 1 aromatic heterocycles. The quantitative estimate of drug-likeness (QED) is 0.656. The topological polar surface area (TPSA) is 62.9 Å². The van der Waals surface area contributed by atoms with Crippen molar-refractivity contribution in [3.05, 3.63) is 76.5 Å². The van der Waals surface area contributed by atoms with Crippen molar-refractivity contribution < 1.29 is 8.42 Å². The van der Waals surface area contributed by atoms with Crippen molar-refractivity contribution in [1.82, 2.24) is 3.97 Å². The zero-order valence-electron chi connectivity index (χ0n) is 12.8. The first kappa shape index (κ1) is 16.5. The lowest BCUT2D eigenvalue weighted by molar-refractivity contribution is 0.587. The van der Waals surface area contributed by atoms with Crippen molar-refractivity contribution in [3.63, 3.8) is 0 Å². The van der Waals surface area contributed by atoms with E-state index in [9.17, 15) is 13.7 Å². The predicted molar refractivity (Wildman–Crippen MR) is 96.0 cm³/mol. The van der Waals surface area contributed by atoms with E-state index in [1.165, 1.54) is 6.20 Å². The van der Waals surface area contributed by atoms with E-state index >= 15 is 0 Å². The third-order valence-corrected chi connectivity index (χ3v) is 6.08. The maximum atomic E-state index is 12.9. The number of rotatable bonds is 3. The highest BCUT2D eigenvalue weighted by molar-refractivity contribution is 9.10. The second-order valence-electron chi connectivity index (χ2n) is 5.28. The molecule has 3 rings (SSSR count). The zero-order valence-corrected chi connectivity index (χ0v) is 15.2. The molecule has 3 aromatic rings. The number of aryl methyl sites for hydroxylation is 1. The van der Waals surface area contributed by atoms with Crippen LogP contribution in [0.3, 0.4) is 0 Å². The van der Waals surface area contributed by atoms with E-state index in [2.05, 4.69) is 15.9 Å². The first-order chi connectivity index (χ1) is 11.4. The fourth-order valence-corrected chi connectivity index (χ4v) is 4.25. The minimum Gasteiger partial charge on any atom is -0.231 e. The van der Waals surface area contributed by atoms with Gasteiger partial charge in [-0.3, -0.25) is 0 Å². The molecule has 120 valence electrons. The normalized spacial score (nSPS) is 11.2. The highest BCUT2D eigenvalue weighted by atomic mass is 79.9. The summed E-state index contributed by atoms with van der Waals surface area (Å²) in [6, 6.07) is 17.6. The van der Waals surface area contributed by atoms with Gasteiger partial charge in [0.25, 0.3) is 10.0 Å². The van der Waals surface area contributed by atoms with Crippen LogP contribution in [-0.4, -0.2) is 12.4 Å².